The molecule has 50 valence electrons. The number of hydrogen-bond acceptors (Lipinski definition) is 1. The van der Waals surface area contributed by atoms with Gasteiger partial charge < -0.3 is 0 Å². The summed E-state index contributed by atoms with van der Waals surface area (Å²) < 4.78 is 0. The predicted octanol–water partition coefficient (Wildman–Crippen LogP) is 2.10. The van der Waals surface area contributed by atoms with Crippen LogP contribution in [0.3, 0.4) is 0 Å². The van der Waals surface area contributed by atoms with Crippen molar-refractivity contribution in [2.24, 2.45) is 0 Å². The number of rotatable bonds is 2. The minimum Gasteiger partial charge on any atom is -0.295 e. The van der Waals surface area contributed by atoms with Gasteiger partial charge in [-0.05, 0) is 31.9 Å². The van der Waals surface area contributed by atoms with Gasteiger partial charge in [0.2, 0.25) is 0 Å². The quantitative estimate of drug-likeness (QED) is 0.407. The molecule has 0 bridgehead atoms. The van der Waals surface area contributed by atoms with Crippen molar-refractivity contribution >= 4 is 5.78 Å². The Labute approximate surface area is 56.1 Å². The van der Waals surface area contributed by atoms with E-state index in [-0.39, 0.29) is 5.78 Å². The molecule has 0 fully saturated rings. The maximum absolute atomic E-state index is 10.6. The molecule has 0 spiro atoms. The lowest BCUT2D eigenvalue weighted by Crippen LogP contribution is -1.93. The van der Waals surface area contributed by atoms with Crippen molar-refractivity contribution in [2.75, 3.05) is 0 Å². The second-order valence-electron chi connectivity index (χ2n) is 2.07. The molecule has 0 aromatic rings. The van der Waals surface area contributed by atoms with Crippen LogP contribution in [0.2, 0.25) is 0 Å². The van der Waals surface area contributed by atoms with Crippen LogP contribution >= 0.6 is 0 Å². The Hall–Kier alpha value is -0.850. The molecule has 0 atom stereocenters. The van der Waals surface area contributed by atoms with Crippen molar-refractivity contribution in [2.45, 2.75) is 20.8 Å². The summed E-state index contributed by atoms with van der Waals surface area (Å²) in [6.45, 7) is 8.80. The molecule has 0 N–H and O–H groups in total. The standard InChI is InChI=1S/C8H12O/c1-5-6(2)7(3)8(4)9/h5H,1H2,2-4H3/b7-6+. The lowest BCUT2D eigenvalue weighted by molar-refractivity contribution is -0.113. The average molecular weight is 124 g/mol. The Morgan fingerprint density at radius 2 is 1.78 bits per heavy atom. The molecule has 0 aliphatic rings. The third-order valence-electron chi connectivity index (χ3n) is 1.43. The fourth-order valence-electron chi connectivity index (χ4n) is 0.431. The van der Waals surface area contributed by atoms with Gasteiger partial charge in [-0.15, -0.1) is 0 Å². The molecule has 0 saturated carbocycles. The average Bonchev–Trinajstić information content (AvgIpc) is 1.84. The molecular weight excluding hydrogens is 112 g/mol. The van der Waals surface area contributed by atoms with E-state index < -0.39 is 0 Å². The monoisotopic (exact) mass is 124 g/mol. The summed E-state index contributed by atoms with van der Waals surface area (Å²) in [6.07, 6.45) is 1.69. The molecule has 0 aliphatic carbocycles. The molecule has 1 heteroatoms. The summed E-state index contributed by atoms with van der Waals surface area (Å²) in [5.41, 5.74) is 1.76. The van der Waals surface area contributed by atoms with E-state index in [1.54, 1.807) is 19.9 Å². The molecule has 9 heavy (non-hydrogen) atoms. The highest BCUT2D eigenvalue weighted by atomic mass is 16.1. The Kier molecular flexibility index (Phi) is 2.93. The van der Waals surface area contributed by atoms with Crippen LogP contribution in [0.25, 0.3) is 0 Å². The van der Waals surface area contributed by atoms with Gasteiger partial charge in [-0.3, -0.25) is 4.79 Å². The first kappa shape index (κ1) is 8.15. The van der Waals surface area contributed by atoms with E-state index in [9.17, 15) is 4.79 Å². The summed E-state index contributed by atoms with van der Waals surface area (Å²) in [6, 6.07) is 0. The van der Waals surface area contributed by atoms with E-state index in [1.807, 2.05) is 6.92 Å². The van der Waals surface area contributed by atoms with Gasteiger partial charge in [0.05, 0.1) is 0 Å². The third kappa shape index (κ3) is 2.27. The summed E-state index contributed by atoms with van der Waals surface area (Å²) in [5.74, 6) is 0.118. The second kappa shape index (κ2) is 3.23. The normalized spacial score (nSPS) is 12.3. The lowest BCUT2D eigenvalue weighted by Gasteiger charge is -1.95. The highest BCUT2D eigenvalue weighted by Crippen LogP contribution is 2.03. The molecule has 0 rings (SSSR count). The molecule has 0 aliphatic heterocycles. The highest BCUT2D eigenvalue weighted by Gasteiger charge is 1.96. The molecule has 0 aromatic heterocycles. The van der Waals surface area contributed by atoms with Gasteiger partial charge in [0.1, 0.15) is 0 Å². The van der Waals surface area contributed by atoms with Crippen LogP contribution in [-0.2, 0) is 4.79 Å². The molecule has 0 amide bonds. The second-order valence-corrected chi connectivity index (χ2v) is 2.07. The molecule has 0 aromatic carbocycles. The van der Waals surface area contributed by atoms with Crippen LogP contribution in [0, 0.1) is 0 Å². The van der Waals surface area contributed by atoms with E-state index >= 15 is 0 Å². The first-order valence-corrected chi connectivity index (χ1v) is 2.90. The van der Waals surface area contributed by atoms with Crippen molar-refractivity contribution in [3.8, 4) is 0 Å². The minimum absolute atomic E-state index is 0.118. The molecule has 0 saturated heterocycles. The van der Waals surface area contributed by atoms with E-state index in [0.29, 0.717) is 0 Å². The topological polar surface area (TPSA) is 17.1 Å². The first-order chi connectivity index (χ1) is 4.09. The highest BCUT2D eigenvalue weighted by molar-refractivity contribution is 5.93. The molecule has 1 nitrogen and oxygen atoms in total. The van der Waals surface area contributed by atoms with Crippen LogP contribution in [0.15, 0.2) is 23.8 Å². The van der Waals surface area contributed by atoms with Gasteiger partial charge in [-0.25, -0.2) is 0 Å². The Morgan fingerprint density at radius 3 is 1.89 bits per heavy atom. The molecule has 0 unspecified atom stereocenters. The van der Waals surface area contributed by atoms with Gasteiger partial charge in [0.25, 0.3) is 0 Å². The molecule has 0 heterocycles. The zero-order chi connectivity index (χ0) is 7.44. The zero-order valence-electron chi connectivity index (χ0n) is 6.19. The zero-order valence-corrected chi connectivity index (χ0v) is 6.19. The van der Waals surface area contributed by atoms with Gasteiger partial charge >= 0.3 is 0 Å². The van der Waals surface area contributed by atoms with Crippen LogP contribution in [-0.4, -0.2) is 5.78 Å². The number of carbonyl (C=O) groups is 1. The number of allylic oxidation sites excluding steroid dienone is 3. The fourth-order valence-corrected chi connectivity index (χ4v) is 0.431. The summed E-state index contributed by atoms with van der Waals surface area (Å²) >= 11 is 0. The Bertz CT molecular complexity index is 163. The van der Waals surface area contributed by atoms with Gasteiger partial charge in [0.15, 0.2) is 5.78 Å². The number of Topliss-reactive ketones (excluding diaryl/α,β-unsaturated/α-hetero) is 1. The largest absolute Gasteiger partial charge is 0.295 e. The van der Waals surface area contributed by atoms with Gasteiger partial charge in [0, 0.05) is 0 Å². The van der Waals surface area contributed by atoms with Crippen molar-refractivity contribution in [3.05, 3.63) is 23.8 Å². The number of hydrogen-bond donors (Lipinski definition) is 0. The van der Waals surface area contributed by atoms with Crippen molar-refractivity contribution in [1.82, 2.24) is 0 Å². The lowest BCUT2D eigenvalue weighted by atomic mass is 10.1. The maximum Gasteiger partial charge on any atom is 0.155 e. The smallest absolute Gasteiger partial charge is 0.155 e. The molecular formula is C8H12O. The van der Waals surface area contributed by atoms with Crippen LogP contribution in [0.1, 0.15) is 20.8 Å². The predicted molar refractivity (Wildman–Crippen MR) is 39.3 cm³/mol. The van der Waals surface area contributed by atoms with Crippen molar-refractivity contribution in [3.63, 3.8) is 0 Å². The van der Waals surface area contributed by atoms with E-state index in [1.165, 1.54) is 0 Å². The number of ketones is 1. The van der Waals surface area contributed by atoms with Gasteiger partial charge in [-0.1, -0.05) is 12.7 Å². The van der Waals surface area contributed by atoms with Gasteiger partial charge in [-0.2, -0.15) is 0 Å². The summed E-state index contributed by atoms with van der Waals surface area (Å²) in [7, 11) is 0. The first-order valence-electron chi connectivity index (χ1n) is 2.90. The van der Waals surface area contributed by atoms with Crippen molar-refractivity contribution < 1.29 is 4.79 Å². The fraction of sp³-hybridized carbons (Fsp3) is 0.375. The summed E-state index contributed by atoms with van der Waals surface area (Å²) in [5, 5.41) is 0. The van der Waals surface area contributed by atoms with Crippen molar-refractivity contribution in [1.29, 1.82) is 0 Å². The minimum atomic E-state index is 0.118. The van der Waals surface area contributed by atoms with E-state index in [4.69, 9.17) is 0 Å². The molecule has 0 radical (unpaired) electrons. The SMILES string of the molecule is C=C/C(C)=C(\C)C(C)=O. The van der Waals surface area contributed by atoms with Crippen LogP contribution in [0.4, 0.5) is 0 Å². The van der Waals surface area contributed by atoms with E-state index in [2.05, 4.69) is 6.58 Å². The third-order valence-corrected chi connectivity index (χ3v) is 1.43. The number of carbonyl (C=O) groups excluding carboxylic acids is 1. The Balaban J connectivity index is 4.47. The van der Waals surface area contributed by atoms with Crippen LogP contribution < -0.4 is 0 Å². The Morgan fingerprint density at radius 1 is 1.33 bits per heavy atom. The van der Waals surface area contributed by atoms with Crippen LogP contribution in [0.5, 0.6) is 0 Å². The maximum atomic E-state index is 10.6. The van der Waals surface area contributed by atoms with E-state index in [0.717, 1.165) is 11.1 Å². The summed E-state index contributed by atoms with van der Waals surface area (Å²) in [4.78, 5) is 10.6.